The summed E-state index contributed by atoms with van der Waals surface area (Å²) in [4.78, 5) is 22.7. The van der Waals surface area contributed by atoms with Gasteiger partial charge in [-0.05, 0) is 13.0 Å². The van der Waals surface area contributed by atoms with E-state index in [4.69, 9.17) is 4.74 Å². The molecule has 1 amide bonds. The zero-order valence-corrected chi connectivity index (χ0v) is 11.3. The van der Waals surface area contributed by atoms with Gasteiger partial charge in [-0.2, -0.15) is 5.10 Å². The molecular weight excluding hydrogens is 276 g/mol. The fraction of sp³-hybridized carbons (Fsp3) is 0.231. The molecule has 1 heterocycles. The Bertz CT molecular complexity index is 640. The fourth-order valence-electron chi connectivity index (χ4n) is 1.82. The number of benzene rings is 1. The first kappa shape index (κ1) is 14.5. The van der Waals surface area contributed by atoms with E-state index in [1.807, 2.05) is 0 Å². The summed E-state index contributed by atoms with van der Waals surface area (Å²) in [5.41, 5.74) is 0.401. The molecule has 1 aromatic heterocycles. The molecule has 21 heavy (non-hydrogen) atoms. The molecular formula is C13H14N4O4. The molecule has 0 bridgehead atoms. The normalized spacial score (nSPS) is 10.1. The number of amides is 1. The number of ether oxygens (including phenoxy) is 1. The van der Waals surface area contributed by atoms with E-state index in [1.54, 1.807) is 19.3 Å². The lowest BCUT2D eigenvalue weighted by molar-refractivity contribution is -0.385. The molecule has 8 heteroatoms. The van der Waals surface area contributed by atoms with Crippen LogP contribution in [0.25, 0.3) is 0 Å². The molecule has 2 N–H and O–H groups in total. The third-order valence-electron chi connectivity index (χ3n) is 2.74. The van der Waals surface area contributed by atoms with Crippen LogP contribution in [0.1, 0.15) is 22.8 Å². The Morgan fingerprint density at radius 3 is 2.95 bits per heavy atom. The number of hydrogen-bond acceptors (Lipinski definition) is 5. The SMILES string of the molecule is CCOc1cccc([N+](=O)[O-])c1C(=O)NCc1cn[nH]c1. The lowest BCUT2D eigenvalue weighted by Crippen LogP contribution is -2.24. The number of hydrogen-bond donors (Lipinski definition) is 2. The van der Waals surface area contributed by atoms with E-state index >= 15 is 0 Å². The highest BCUT2D eigenvalue weighted by atomic mass is 16.6. The van der Waals surface area contributed by atoms with Gasteiger partial charge in [0.05, 0.1) is 17.7 Å². The van der Waals surface area contributed by atoms with Crippen LogP contribution in [0.2, 0.25) is 0 Å². The summed E-state index contributed by atoms with van der Waals surface area (Å²) in [6, 6.07) is 4.29. The summed E-state index contributed by atoms with van der Waals surface area (Å²) in [7, 11) is 0. The minimum absolute atomic E-state index is 0.0761. The first-order chi connectivity index (χ1) is 10.1. The minimum atomic E-state index is -0.602. The van der Waals surface area contributed by atoms with Crippen LogP contribution in [0, 0.1) is 10.1 Å². The Morgan fingerprint density at radius 2 is 2.33 bits per heavy atom. The van der Waals surface area contributed by atoms with Crippen molar-refractivity contribution in [2.75, 3.05) is 6.61 Å². The minimum Gasteiger partial charge on any atom is -0.493 e. The molecule has 0 fully saturated rings. The molecule has 0 radical (unpaired) electrons. The van der Waals surface area contributed by atoms with Crippen molar-refractivity contribution in [2.45, 2.75) is 13.5 Å². The fourth-order valence-corrected chi connectivity index (χ4v) is 1.82. The van der Waals surface area contributed by atoms with Gasteiger partial charge in [0.15, 0.2) is 5.56 Å². The molecule has 110 valence electrons. The third kappa shape index (κ3) is 3.35. The van der Waals surface area contributed by atoms with Crippen LogP contribution in [-0.2, 0) is 6.54 Å². The van der Waals surface area contributed by atoms with E-state index in [0.717, 1.165) is 5.56 Å². The van der Waals surface area contributed by atoms with Crippen molar-refractivity contribution in [3.05, 3.63) is 51.8 Å². The number of nitro groups is 1. The summed E-state index contributed by atoms with van der Waals surface area (Å²) in [5, 5.41) is 20.1. The zero-order chi connectivity index (χ0) is 15.2. The van der Waals surface area contributed by atoms with E-state index < -0.39 is 10.8 Å². The van der Waals surface area contributed by atoms with E-state index in [1.165, 1.54) is 18.2 Å². The molecule has 0 saturated carbocycles. The number of carbonyl (C=O) groups is 1. The van der Waals surface area contributed by atoms with Gasteiger partial charge in [0.1, 0.15) is 5.75 Å². The van der Waals surface area contributed by atoms with Gasteiger partial charge < -0.3 is 10.1 Å². The Morgan fingerprint density at radius 1 is 1.52 bits per heavy atom. The first-order valence-electron chi connectivity index (χ1n) is 6.29. The van der Waals surface area contributed by atoms with E-state index in [9.17, 15) is 14.9 Å². The van der Waals surface area contributed by atoms with Gasteiger partial charge in [-0.3, -0.25) is 20.0 Å². The quantitative estimate of drug-likeness (QED) is 0.620. The Balaban J connectivity index is 2.26. The third-order valence-corrected chi connectivity index (χ3v) is 2.74. The van der Waals surface area contributed by atoms with Crippen molar-refractivity contribution in [1.29, 1.82) is 0 Å². The molecule has 0 aliphatic rings. The Hall–Kier alpha value is -2.90. The van der Waals surface area contributed by atoms with Crippen LogP contribution in [0.5, 0.6) is 5.75 Å². The van der Waals surface area contributed by atoms with Crippen LogP contribution in [0.15, 0.2) is 30.6 Å². The molecule has 0 spiro atoms. The summed E-state index contributed by atoms with van der Waals surface area (Å²) in [5.74, 6) is -0.372. The average molecular weight is 290 g/mol. The summed E-state index contributed by atoms with van der Waals surface area (Å²) in [6.45, 7) is 2.27. The highest BCUT2D eigenvalue weighted by Gasteiger charge is 2.24. The second-order valence-electron chi connectivity index (χ2n) is 4.13. The first-order valence-corrected chi connectivity index (χ1v) is 6.29. The van der Waals surface area contributed by atoms with Gasteiger partial charge in [-0.25, -0.2) is 0 Å². The van der Waals surface area contributed by atoms with Crippen LogP contribution in [-0.4, -0.2) is 27.6 Å². The van der Waals surface area contributed by atoms with Crippen LogP contribution in [0.3, 0.4) is 0 Å². The predicted molar refractivity (Wildman–Crippen MR) is 74.0 cm³/mol. The number of rotatable bonds is 6. The number of aromatic nitrogens is 2. The number of carbonyl (C=O) groups excluding carboxylic acids is 1. The standard InChI is InChI=1S/C13H14N4O4/c1-2-21-11-5-3-4-10(17(19)20)12(11)13(18)14-6-9-7-15-16-8-9/h3-5,7-8H,2,6H2,1H3,(H,14,18)(H,15,16). The molecule has 2 rings (SSSR count). The highest BCUT2D eigenvalue weighted by Crippen LogP contribution is 2.28. The number of H-pyrrole nitrogens is 1. The van der Waals surface area contributed by atoms with Gasteiger partial charge in [-0.15, -0.1) is 0 Å². The molecule has 8 nitrogen and oxygen atoms in total. The summed E-state index contributed by atoms with van der Waals surface area (Å²) >= 11 is 0. The molecule has 2 aromatic rings. The van der Waals surface area contributed by atoms with Crippen LogP contribution >= 0.6 is 0 Å². The van der Waals surface area contributed by atoms with Crippen molar-refractivity contribution >= 4 is 11.6 Å². The molecule has 0 unspecified atom stereocenters. The number of nitro benzene ring substituents is 1. The van der Waals surface area contributed by atoms with E-state index in [0.29, 0.717) is 6.61 Å². The van der Waals surface area contributed by atoms with Gasteiger partial charge >= 0.3 is 0 Å². The highest BCUT2D eigenvalue weighted by molar-refractivity contribution is 6.00. The summed E-state index contributed by atoms with van der Waals surface area (Å²) in [6.07, 6.45) is 3.19. The Kier molecular flexibility index (Phi) is 4.50. The van der Waals surface area contributed by atoms with Crippen molar-refractivity contribution in [1.82, 2.24) is 15.5 Å². The largest absolute Gasteiger partial charge is 0.493 e. The summed E-state index contributed by atoms with van der Waals surface area (Å²) < 4.78 is 5.30. The second kappa shape index (κ2) is 6.51. The lowest BCUT2D eigenvalue weighted by atomic mass is 10.1. The maximum Gasteiger partial charge on any atom is 0.285 e. The van der Waals surface area contributed by atoms with Crippen LogP contribution in [0.4, 0.5) is 5.69 Å². The van der Waals surface area contributed by atoms with Crippen molar-refractivity contribution in [3.8, 4) is 5.75 Å². The topological polar surface area (TPSA) is 110 Å². The maximum atomic E-state index is 12.2. The average Bonchev–Trinajstić information content (AvgIpc) is 2.98. The van der Waals surface area contributed by atoms with Crippen LogP contribution < -0.4 is 10.1 Å². The predicted octanol–water partition coefficient (Wildman–Crippen LogP) is 1.65. The number of aromatic amines is 1. The lowest BCUT2D eigenvalue weighted by Gasteiger charge is -2.10. The molecule has 1 aromatic carbocycles. The van der Waals surface area contributed by atoms with E-state index in [-0.39, 0.29) is 23.5 Å². The van der Waals surface area contributed by atoms with Crippen molar-refractivity contribution in [2.24, 2.45) is 0 Å². The van der Waals surface area contributed by atoms with Gasteiger partial charge in [0.25, 0.3) is 11.6 Å². The number of nitrogens with zero attached hydrogens (tertiary/aromatic N) is 2. The number of nitrogens with one attached hydrogen (secondary N) is 2. The molecule has 0 saturated heterocycles. The molecule has 0 atom stereocenters. The smallest absolute Gasteiger partial charge is 0.285 e. The van der Waals surface area contributed by atoms with Crippen molar-refractivity contribution in [3.63, 3.8) is 0 Å². The Labute approximate surface area is 120 Å². The monoisotopic (exact) mass is 290 g/mol. The maximum absolute atomic E-state index is 12.2. The van der Waals surface area contributed by atoms with Gasteiger partial charge in [0, 0.05) is 24.4 Å². The molecule has 0 aliphatic carbocycles. The van der Waals surface area contributed by atoms with Crippen molar-refractivity contribution < 1.29 is 14.5 Å². The zero-order valence-electron chi connectivity index (χ0n) is 11.3. The van der Waals surface area contributed by atoms with E-state index in [2.05, 4.69) is 15.5 Å². The van der Waals surface area contributed by atoms with Gasteiger partial charge in [0.2, 0.25) is 0 Å². The van der Waals surface area contributed by atoms with Gasteiger partial charge in [-0.1, -0.05) is 6.07 Å². The second-order valence-corrected chi connectivity index (χ2v) is 4.13. The molecule has 0 aliphatic heterocycles.